The van der Waals surface area contributed by atoms with Crippen molar-refractivity contribution >= 4 is 46.7 Å². The summed E-state index contributed by atoms with van der Waals surface area (Å²) in [5.41, 5.74) is 4.89. The number of nitrogens with one attached hydrogen (secondary N) is 1. The van der Waals surface area contributed by atoms with E-state index >= 15 is 0 Å². The highest BCUT2D eigenvalue weighted by atomic mass is 35.5. The number of benzene rings is 3. The number of anilines is 2. The molecule has 3 aromatic carbocycles. The topological polar surface area (TPSA) is 41.1 Å². The molecule has 0 atom stereocenters. The molecule has 6 heteroatoms. The molecule has 152 valence electrons. The number of para-hydroxylation sites is 1. The van der Waals surface area contributed by atoms with Gasteiger partial charge in [-0.15, -0.1) is 12.4 Å². The van der Waals surface area contributed by atoms with E-state index in [9.17, 15) is 0 Å². The van der Waals surface area contributed by atoms with Gasteiger partial charge in [-0.3, -0.25) is 0 Å². The number of fused-ring (bicyclic) bond motifs is 2. The molecule has 4 nitrogen and oxygen atoms in total. The zero-order valence-electron chi connectivity index (χ0n) is 16.4. The van der Waals surface area contributed by atoms with Crippen LogP contribution in [0.15, 0.2) is 72.8 Å². The first-order valence-corrected chi connectivity index (χ1v) is 10.2. The minimum absolute atomic E-state index is 0. The monoisotopic (exact) mass is 436 g/mol. The fourth-order valence-corrected chi connectivity index (χ4v) is 3.92. The molecular weight excluding hydrogens is 415 g/mol. The standard InChI is InChI=1S/C24H21ClN4.ClH/c25-20-11-9-17(10-12-20)15-26-23-21-7-3-4-8-22(21)27-24(28-23)29-14-13-18-5-1-2-6-19(18)16-29;/h1-12H,13-16H2,(H,26,27,28);1H. The van der Waals surface area contributed by atoms with Crippen molar-refractivity contribution in [1.29, 1.82) is 0 Å². The highest BCUT2D eigenvalue weighted by molar-refractivity contribution is 6.30. The average Bonchev–Trinajstić information content (AvgIpc) is 2.78. The van der Waals surface area contributed by atoms with Crippen LogP contribution in [0.3, 0.4) is 0 Å². The number of hydrogen-bond acceptors (Lipinski definition) is 4. The Bertz CT molecular complexity index is 1160. The third kappa shape index (κ3) is 4.20. The highest BCUT2D eigenvalue weighted by Gasteiger charge is 2.19. The summed E-state index contributed by atoms with van der Waals surface area (Å²) in [4.78, 5) is 12.0. The van der Waals surface area contributed by atoms with Gasteiger partial charge in [-0.1, -0.05) is 60.1 Å². The molecule has 1 aliphatic rings. The van der Waals surface area contributed by atoms with E-state index in [1.807, 2.05) is 42.5 Å². The van der Waals surface area contributed by atoms with E-state index in [1.54, 1.807) is 0 Å². The van der Waals surface area contributed by atoms with Crippen molar-refractivity contribution in [3.05, 3.63) is 94.5 Å². The summed E-state index contributed by atoms with van der Waals surface area (Å²) < 4.78 is 0. The number of rotatable bonds is 4. The van der Waals surface area contributed by atoms with Crippen molar-refractivity contribution in [2.75, 3.05) is 16.8 Å². The Morgan fingerprint density at radius 3 is 2.43 bits per heavy atom. The molecular formula is C24H22Cl2N4. The maximum atomic E-state index is 6.00. The van der Waals surface area contributed by atoms with Crippen LogP contribution < -0.4 is 10.2 Å². The van der Waals surface area contributed by atoms with Crippen molar-refractivity contribution in [1.82, 2.24) is 9.97 Å². The summed E-state index contributed by atoms with van der Waals surface area (Å²) in [5, 5.41) is 5.28. The molecule has 0 spiro atoms. The van der Waals surface area contributed by atoms with Crippen molar-refractivity contribution in [3.63, 3.8) is 0 Å². The second-order valence-corrected chi connectivity index (χ2v) is 7.75. The first-order chi connectivity index (χ1) is 14.3. The first-order valence-electron chi connectivity index (χ1n) is 9.83. The fourth-order valence-electron chi connectivity index (χ4n) is 3.79. The lowest BCUT2D eigenvalue weighted by Crippen LogP contribution is -2.31. The maximum absolute atomic E-state index is 6.00. The largest absolute Gasteiger partial charge is 0.365 e. The Hall–Kier alpha value is -2.82. The molecule has 0 unspecified atom stereocenters. The predicted octanol–water partition coefficient (Wildman–Crippen LogP) is 5.88. The van der Waals surface area contributed by atoms with Gasteiger partial charge in [0.2, 0.25) is 5.95 Å². The zero-order chi connectivity index (χ0) is 19.6. The molecule has 30 heavy (non-hydrogen) atoms. The van der Waals surface area contributed by atoms with Crippen LogP contribution in [-0.2, 0) is 19.5 Å². The van der Waals surface area contributed by atoms with Crippen LogP contribution >= 0.6 is 24.0 Å². The molecule has 1 aromatic heterocycles. The maximum Gasteiger partial charge on any atom is 0.228 e. The van der Waals surface area contributed by atoms with Gasteiger partial charge in [0.15, 0.2) is 0 Å². The minimum Gasteiger partial charge on any atom is -0.365 e. The Balaban J connectivity index is 0.00000218. The average molecular weight is 437 g/mol. The van der Waals surface area contributed by atoms with Crippen LogP contribution in [-0.4, -0.2) is 16.5 Å². The summed E-state index contributed by atoms with van der Waals surface area (Å²) in [6.45, 7) is 2.44. The third-order valence-corrected chi connectivity index (χ3v) is 5.63. The summed E-state index contributed by atoms with van der Waals surface area (Å²) in [6.07, 6.45) is 1.01. The van der Waals surface area contributed by atoms with Gasteiger partial charge in [-0.2, -0.15) is 4.98 Å². The van der Waals surface area contributed by atoms with Crippen molar-refractivity contribution in [2.24, 2.45) is 0 Å². The van der Waals surface area contributed by atoms with Gasteiger partial charge >= 0.3 is 0 Å². The molecule has 0 saturated carbocycles. The van der Waals surface area contributed by atoms with Gasteiger partial charge in [-0.25, -0.2) is 4.98 Å². The number of aromatic nitrogens is 2. The number of hydrogen-bond donors (Lipinski definition) is 1. The molecule has 0 aliphatic carbocycles. The number of halogens is 2. The Morgan fingerprint density at radius 1 is 0.867 bits per heavy atom. The molecule has 0 saturated heterocycles. The van der Waals surface area contributed by atoms with E-state index < -0.39 is 0 Å². The predicted molar refractivity (Wildman–Crippen MR) is 127 cm³/mol. The summed E-state index contributed by atoms with van der Waals surface area (Å²) in [5.74, 6) is 1.64. The van der Waals surface area contributed by atoms with Crippen molar-refractivity contribution < 1.29 is 0 Å². The van der Waals surface area contributed by atoms with E-state index in [1.165, 1.54) is 11.1 Å². The smallest absolute Gasteiger partial charge is 0.228 e. The summed E-state index contributed by atoms with van der Waals surface area (Å²) in [6, 6.07) is 24.7. The van der Waals surface area contributed by atoms with Gasteiger partial charge in [0, 0.05) is 30.0 Å². The molecule has 1 aliphatic heterocycles. The zero-order valence-corrected chi connectivity index (χ0v) is 18.0. The normalized spacial score (nSPS) is 12.9. The van der Waals surface area contributed by atoms with E-state index in [2.05, 4.69) is 40.5 Å². The molecule has 4 aromatic rings. The van der Waals surface area contributed by atoms with Crippen LogP contribution in [0.4, 0.5) is 11.8 Å². The van der Waals surface area contributed by atoms with Gasteiger partial charge in [0.1, 0.15) is 5.82 Å². The number of nitrogens with zero attached hydrogens (tertiary/aromatic N) is 3. The van der Waals surface area contributed by atoms with Crippen LogP contribution in [0.1, 0.15) is 16.7 Å². The second kappa shape index (κ2) is 8.90. The minimum atomic E-state index is 0. The summed E-state index contributed by atoms with van der Waals surface area (Å²) in [7, 11) is 0. The van der Waals surface area contributed by atoms with Crippen LogP contribution in [0.5, 0.6) is 0 Å². The van der Waals surface area contributed by atoms with Crippen molar-refractivity contribution in [2.45, 2.75) is 19.5 Å². The lowest BCUT2D eigenvalue weighted by Gasteiger charge is -2.29. The second-order valence-electron chi connectivity index (χ2n) is 7.31. The van der Waals surface area contributed by atoms with E-state index in [0.717, 1.165) is 52.8 Å². The molecule has 0 radical (unpaired) electrons. The molecule has 5 rings (SSSR count). The van der Waals surface area contributed by atoms with Gasteiger partial charge < -0.3 is 10.2 Å². The lowest BCUT2D eigenvalue weighted by atomic mass is 10.0. The first kappa shape index (κ1) is 20.5. The van der Waals surface area contributed by atoms with Crippen LogP contribution in [0.2, 0.25) is 5.02 Å². The molecule has 2 heterocycles. The summed E-state index contributed by atoms with van der Waals surface area (Å²) >= 11 is 6.00. The van der Waals surface area contributed by atoms with Gasteiger partial charge in [-0.05, 0) is 47.4 Å². The van der Waals surface area contributed by atoms with Gasteiger partial charge in [0.25, 0.3) is 0 Å². The molecule has 0 fully saturated rings. The molecule has 0 bridgehead atoms. The van der Waals surface area contributed by atoms with E-state index in [0.29, 0.717) is 6.54 Å². The lowest BCUT2D eigenvalue weighted by molar-refractivity contribution is 0.710. The van der Waals surface area contributed by atoms with Crippen LogP contribution in [0.25, 0.3) is 10.9 Å². The van der Waals surface area contributed by atoms with Gasteiger partial charge in [0.05, 0.1) is 5.52 Å². The third-order valence-electron chi connectivity index (χ3n) is 5.38. The van der Waals surface area contributed by atoms with E-state index in [4.69, 9.17) is 21.6 Å². The fraction of sp³-hybridized carbons (Fsp3) is 0.167. The van der Waals surface area contributed by atoms with Crippen LogP contribution in [0, 0.1) is 0 Å². The Kier molecular flexibility index (Phi) is 6.07. The quantitative estimate of drug-likeness (QED) is 0.433. The Morgan fingerprint density at radius 2 is 1.60 bits per heavy atom. The highest BCUT2D eigenvalue weighted by Crippen LogP contribution is 2.27. The Labute approximate surface area is 187 Å². The van der Waals surface area contributed by atoms with E-state index in [-0.39, 0.29) is 12.4 Å². The molecule has 0 amide bonds. The molecule has 1 N–H and O–H groups in total. The SMILES string of the molecule is Cl.Clc1ccc(CNc2nc(N3CCc4ccccc4C3)nc3ccccc23)cc1. The van der Waals surface area contributed by atoms with Crippen molar-refractivity contribution in [3.8, 4) is 0 Å².